The highest BCUT2D eigenvalue weighted by molar-refractivity contribution is 7.89. The molecular formula is C25H26F3NO4S2. The number of hydrogen-bond donors (Lipinski definition) is 0. The Balaban J connectivity index is 1.57. The van der Waals surface area contributed by atoms with Gasteiger partial charge in [0.1, 0.15) is 5.75 Å². The van der Waals surface area contributed by atoms with Crippen LogP contribution < -0.4 is 4.74 Å². The molecule has 2 heterocycles. The molecule has 3 aromatic rings. The number of hydrogen-bond acceptors (Lipinski definition) is 5. The van der Waals surface area contributed by atoms with Crippen LogP contribution in [-0.4, -0.2) is 38.6 Å². The monoisotopic (exact) mass is 525 g/mol. The minimum Gasteiger partial charge on any atom is -0.493 e. The zero-order valence-corrected chi connectivity index (χ0v) is 20.5. The van der Waals surface area contributed by atoms with Gasteiger partial charge in [-0.25, -0.2) is 8.42 Å². The van der Waals surface area contributed by atoms with E-state index in [1.165, 1.54) is 17.7 Å². The Morgan fingerprint density at radius 1 is 1.09 bits per heavy atom. The van der Waals surface area contributed by atoms with E-state index in [0.717, 1.165) is 29.3 Å². The Bertz CT molecular complexity index is 1210. The van der Waals surface area contributed by atoms with Gasteiger partial charge in [-0.2, -0.15) is 28.8 Å². The first kappa shape index (κ1) is 25.7. The first-order valence-electron chi connectivity index (χ1n) is 11.2. The zero-order chi connectivity index (χ0) is 24.9. The molecule has 0 aliphatic carbocycles. The van der Waals surface area contributed by atoms with Crippen LogP contribution in [0, 0.1) is 0 Å². The number of benzene rings is 2. The lowest BCUT2D eigenvalue weighted by Gasteiger charge is -2.26. The second-order valence-electron chi connectivity index (χ2n) is 8.30. The van der Waals surface area contributed by atoms with Crippen molar-refractivity contribution in [2.75, 3.05) is 19.8 Å². The van der Waals surface area contributed by atoms with Crippen molar-refractivity contribution >= 4 is 21.4 Å². The fraction of sp³-hybridized carbons (Fsp3) is 0.360. The fourth-order valence-electron chi connectivity index (χ4n) is 3.99. The molecule has 1 atom stereocenters. The predicted octanol–water partition coefficient (Wildman–Crippen LogP) is 5.76. The molecule has 188 valence electrons. The molecule has 0 N–H and O–H groups in total. The average Bonchev–Trinajstić information content (AvgIpc) is 3.53. The topological polar surface area (TPSA) is 55.8 Å². The lowest BCUT2D eigenvalue weighted by atomic mass is 10.2. The summed E-state index contributed by atoms with van der Waals surface area (Å²) in [5.74, 6) is 0.572. The molecule has 0 radical (unpaired) electrons. The largest absolute Gasteiger partial charge is 0.493 e. The van der Waals surface area contributed by atoms with Crippen molar-refractivity contribution in [1.29, 1.82) is 0 Å². The maximum atomic E-state index is 13.6. The SMILES string of the molecule is O=S(=O)(c1ccccc1C(F)(F)F)N(Cc1cccc(OCCc2ccsc2)c1)CC1CCCO1. The summed E-state index contributed by atoms with van der Waals surface area (Å²) >= 11 is 1.61. The standard InChI is InChI=1S/C25H26F3NO4S2/c26-25(27,28)23-8-1-2-9-24(23)35(30,31)29(17-22-7-4-12-32-22)16-20-5-3-6-21(15-20)33-13-10-19-11-14-34-18-19/h1-3,5-6,8-9,11,14-15,18,22H,4,7,10,12-13,16-17H2. The van der Waals surface area contributed by atoms with Crippen molar-refractivity contribution in [2.24, 2.45) is 0 Å². The lowest BCUT2D eigenvalue weighted by Crippen LogP contribution is -2.37. The van der Waals surface area contributed by atoms with Crippen LogP contribution in [0.5, 0.6) is 5.75 Å². The molecule has 5 nitrogen and oxygen atoms in total. The van der Waals surface area contributed by atoms with Crippen molar-refractivity contribution in [1.82, 2.24) is 4.31 Å². The molecule has 35 heavy (non-hydrogen) atoms. The van der Waals surface area contributed by atoms with E-state index >= 15 is 0 Å². The highest BCUT2D eigenvalue weighted by Crippen LogP contribution is 2.36. The molecular weight excluding hydrogens is 499 g/mol. The van der Waals surface area contributed by atoms with E-state index < -0.39 is 26.7 Å². The number of nitrogens with zero attached hydrogens (tertiary/aromatic N) is 1. The van der Waals surface area contributed by atoms with Crippen LogP contribution >= 0.6 is 11.3 Å². The summed E-state index contributed by atoms with van der Waals surface area (Å²) in [6, 6.07) is 13.3. The van der Waals surface area contributed by atoms with Gasteiger partial charge in [-0.05, 0) is 65.1 Å². The Labute approximate surface area is 207 Å². The number of thiophene rings is 1. The van der Waals surface area contributed by atoms with Gasteiger partial charge in [0.15, 0.2) is 0 Å². The maximum absolute atomic E-state index is 13.6. The van der Waals surface area contributed by atoms with Crippen molar-refractivity contribution in [3.8, 4) is 5.75 Å². The summed E-state index contributed by atoms with van der Waals surface area (Å²) in [6.07, 6.45) is -2.99. The van der Waals surface area contributed by atoms with E-state index in [4.69, 9.17) is 9.47 Å². The third-order valence-electron chi connectivity index (χ3n) is 5.74. The first-order valence-corrected chi connectivity index (χ1v) is 13.6. The van der Waals surface area contributed by atoms with Crippen LogP contribution in [0.1, 0.15) is 29.5 Å². The average molecular weight is 526 g/mol. The molecule has 10 heteroatoms. The minimum absolute atomic E-state index is 0.0300. The molecule has 0 spiro atoms. The van der Waals surface area contributed by atoms with Crippen molar-refractivity contribution in [2.45, 2.75) is 43.0 Å². The zero-order valence-electron chi connectivity index (χ0n) is 18.9. The summed E-state index contributed by atoms with van der Waals surface area (Å²) in [5, 5.41) is 4.04. The van der Waals surface area contributed by atoms with Crippen molar-refractivity contribution in [3.63, 3.8) is 0 Å². The molecule has 0 saturated carbocycles. The number of sulfonamides is 1. The summed E-state index contributed by atoms with van der Waals surface area (Å²) in [5.41, 5.74) is 0.607. The third kappa shape index (κ3) is 6.63. The minimum atomic E-state index is -4.80. The number of alkyl halides is 3. The fourth-order valence-corrected chi connectivity index (χ4v) is 6.36. The Morgan fingerprint density at radius 2 is 1.91 bits per heavy atom. The summed E-state index contributed by atoms with van der Waals surface area (Å²) in [4.78, 5) is -0.756. The molecule has 1 aliphatic heterocycles. The molecule has 1 unspecified atom stereocenters. The van der Waals surface area contributed by atoms with Crippen molar-refractivity contribution in [3.05, 3.63) is 82.0 Å². The molecule has 1 saturated heterocycles. The van der Waals surface area contributed by atoms with E-state index in [1.807, 2.05) is 16.8 Å². The molecule has 1 aromatic heterocycles. The quantitative estimate of drug-likeness (QED) is 0.338. The lowest BCUT2D eigenvalue weighted by molar-refractivity contribution is -0.139. The Kier molecular flexibility index (Phi) is 8.16. The molecule has 1 fully saturated rings. The van der Waals surface area contributed by atoms with Crippen LogP contribution in [-0.2, 0) is 33.9 Å². The highest BCUT2D eigenvalue weighted by atomic mass is 32.2. The van der Waals surface area contributed by atoms with Crippen LogP contribution in [0.25, 0.3) is 0 Å². The van der Waals surface area contributed by atoms with Gasteiger partial charge in [-0.15, -0.1) is 0 Å². The van der Waals surface area contributed by atoms with Crippen molar-refractivity contribution < 1.29 is 31.1 Å². The normalized spacial score (nSPS) is 16.6. The van der Waals surface area contributed by atoms with Crippen LogP contribution in [0.2, 0.25) is 0 Å². The Morgan fingerprint density at radius 3 is 2.63 bits per heavy atom. The molecule has 2 aromatic carbocycles. The Hall–Kier alpha value is -2.40. The van der Waals surface area contributed by atoms with Gasteiger partial charge in [0.05, 0.1) is 23.2 Å². The second kappa shape index (κ2) is 11.1. The molecule has 0 bridgehead atoms. The van der Waals surface area contributed by atoms with Gasteiger partial charge in [-0.3, -0.25) is 0 Å². The van der Waals surface area contributed by atoms with Crippen LogP contribution in [0.4, 0.5) is 13.2 Å². The van der Waals surface area contributed by atoms with Gasteiger partial charge in [0, 0.05) is 26.1 Å². The molecule has 1 aliphatic rings. The van der Waals surface area contributed by atoms with Gasteiger partial charge >= 0.3 is 6.18 Å². The van der Waals surface area contributed by atoms with E-state index in [0.29, 0.717) is 30.9 Å². The number of halogens is 3. The van der Waals surface area contributed by atoms with Gasteiger partial charge in [0.25, 0.3) is 0 Å². The van der Waals surface area contributed by atoms with Crippen LogP contribution in [0.3, 0.4) is 0 Å². The number of rotatable bonds is 10. The second-order valence-corrected chi connectivity index (χ2v) is 11.0. The molecule has 4 rings (SSSR count). The third-order valence-corrected chi connectivity index (χ3v) is 8.34. The smallest absolute Gasteiger partial charge is 0.417 e. The van der Waals surface area contributed by atoms with E-state index in [9.17, 15) is 21.6 Å². The van der Waals surface area contributed by atoms with E-state index in [1.54, 1.807) is 35.6 Å². The predicted molar refractivity (Wildman–Crippen MR) is 128 cm³/mol. The summed E-state index contributed by atoms with van der Waals surface area (Å²) in [7, 11) is -4.47. The van der Waals surface area contributed by atoms with Gasteiger partial charge in [0.2, 0.25) is 10.0 Å². The van der Waals surface area contributed by atoms with Gasteiger partial charge < -0.3 is 9.47 Å². The number of ether oxygens (including phenoxy) is 2. The summed E-state index contributed by atoms with van der Waals surface area (Å²) in [6.45, 7) is 0.829. The maximum Gasteiger partial charge on any atom is 0.417 e. The van der Waals surface area contributed by atoms with Gasteiger partial charge in [-0.1, -0.05) is 24.3 Å². The molecule has 0 amide bonds. The van der Waals surface area contributed by atoms with E-state index in [2.05, 4.69) is 0 Å². The van der Waals surface area contributed by atoms with Crippen LogP contribution in [0.15, 0.2) is 70.3 Å². The summed E-state index contributed by atoms with van der Waals surface area (Å²) < 4.78 is 80.4. The van der Waals surface area contributed by atoms with E-state index in [-0.39, 0.29) is 19.2 Å². The first-order chi connectivity index (χ1) is 16.7. The highest BCUT2D eigenvalue weighted by Gasteiger charge is 2.39.